The Morgan fingerprint density at radius 3 is 2.57 bits per heavy atom. The highest BCUT2D eigenvalue weighted by Gasteiger charge is 2.31. The highest BCUT2D eigenvalue weighted by atomic mass is 16.2. The summed E-state index contributed by atoms with van der Waals surface area (Å²) in [6.45, 7) is 2.66. The van der Waals surface area contributed by atoms with Crippen molar-refractivity contribution in [2.75, 3.05) is 18.4 Å². The highest BCUT2D eigenvalue weighted by molar-refractivity contribution is 5.95. The quantitative estimate of drug-likeness (QED) is 0.944. The van der Waals surface area contributed by atoms with Gasteiger partial charge in [-0.1, -0.05) is 48.5 Å². The van der Waals surface area contributed by atoms with E-state index in [1.54, 1.807) is 4.90 Å². The number of hydrogen-bond donors (Lipinski definition) is 1. The SMILES string of the molecule is Cc1ccccc1NC(=O)CN1CC(c2ccccc2)CC1=O. The van der Waals surface area contributed by atoms with Crippen LogP contribution in [0.3, 0.4) is 0 Å². The second-order valence-electron chi connectivity index (χ2n) is 5.95. The van der Waals surface area contributed by atoms with Crippen molar-refractivity contribution in [1.29, 1.82) is 0 Å². The minimum absolute atomic E-state index is 0.0405. The molecule has 0 saturated carbocycles. The molecule has 2 amide bonds. The largest absolute Gasteiger partial charge is 0.333 e. The van der Waals surface area contributed by atoms with Gasteiger partial charge in [-0.2, -0.15) is 0 Å². The molecule has 1 aliphatic heterocycles. The van der Waals surface area contributed by atoms with Crippen molar-refractivity contribution in [3.05, 3.63) is 65.7 Å². The predicted octanol–water partition coefficient (Wildman–Crippen LogP) is 2.95. The van der Waals surface area contributed by atoms with Crippen molar-refractivity contribution in [1.82, 2.24) is 4.90 Å². The van der Waals surface area contributed by atoms with Gasteiger partial charge in [0.1, 0.15) is 0 Å². The molecule has 1 N–H and O–H groups in total. The van der Waals surface area contributed by atoms with E-state index < -0.39 is 0 Å². The van der Waals surface area contributed by atoms with Crippen LogP contribution in [0.15, 0.2) is 54.6 Å². The molecule has 1 atom stereocenters. The van der Waals surface area contributed by atoms with Crippen LogP contribution in [0, 0.1) is 6.92 Å². The number of aryl methyl sites for hydroxylation is 1. The molecule has 4 nitrogen and oxygen atoms in total. The number of anilines is 1. The molecule has 0 spiro atoms. The summed E-state index contributed by atoms with van der Waals surface area (Å²) in [5, 5.41) is 2.88. The molecule has 0 bridgehead atoms. The van der Waals surface area contributed by atoms with Gasteiger partial charge in [0, 0.05) is 24.6 Å². The standard InChI is InChI=1S/C19H20N2O2/c1-14-7-5-6-10-17(14)20-18(22)13-21-12-16(11-19(21)23)15-8-3-2-4-9-15/h2-10,16H,11-13H2,1H3,(H,20,22). The Kier molecular flexibility index (Phi) is 4.42. The summed E-state index contributed by atoms with van der Waals surface area (Å²) >= 11 is 0. The number of hydrogen-bond acceptors (Lipinski definition) is 2. The normalized spacial score (nSPS) is 17.3. The summed E-state index contributed by atoms with van der Waals surface area (Å²) in [6, 6.07) is 17.6. The molecule has 1 heterocycles. The molecule has 2 aromatic carbocycles. The molecule has 2 aromatic rings. The minimum Gasteiger partial charge on any atom is -0.333 e. The van der Waals surface area contributed by atoms with Gasteiger partial charge in [-0.3, -0.25) is 9.59 Å². The molecular formula is C19H20N2O2. The first-order valence-electron chi connectivity index (χ1n) is 7.81. The molecule has 0 aromatic heterocycles. The topological polar surface area (TPSA) is 49.4 Å². The third-order valence-corrected chi connectivity index (χ3v) is 4.24. The summed E-state index contributed by atoms with van der Waals surface area (Å²) in [5.74, 6) is 0.0649. The molecule has 1 unspecified atom stereocenters. The van der Waals surface area contributed by atoms with E-state index in [0.29, 0.717) is 13.0 Å². The van der Waals surface area contributed by atoms with E-state index >= 15 is 0 Å². The minimum atomic E-state index is -0.152. The number of carbonyl (C=O) groups is 2. The molecule has 1 aliphatic rings. The zero-order chi connectivity index (χ0) is 16.2. The number of para-hydroxylation sites is 1. The Morgan fingerprint density at radius 1 is 1.13 bits per heavy atom. The van der Waals surface area contributed by atoms with Crippen molar-refractivity contribution in [3.8, 4) is 0 Å². The van der Waals surface area contributed by atoms with Crippen LogP contribution in [0.5, 0.6) is 0 Å². The van der Waals surface area contributed by atoms with E-state index in [1.165, 1.54) is 0 Å². The van der Waals surface area contributed by atoms with Crippen LogP contribution in [0.1, 0.15) is 23.5 Å². The van der Waals surface area contributed by atoms with Gasteiger partial charge in [0.25, 0.3) is 0 Å². The van der Waals surface area contributed by atoms with E-state index in [9.17, 15) is 9.59 Å². The maximum Gasteiger partial charge on any atom is 0.244 e. The molecule has 118 valence electrons. The van der Waals surface area contributed by atoms with Crippen molar-refractivity contribution < 1.29 is 9.59 Å². The van der Waals surface area contributed by atoms with E-state index in [2.05, 4.69) is 5.32 Å². The van der Waals surface area contributed by atoms with Crippen molar-refractivity contribution in [2.45, 2.75) is 19.3 Å². The van der Waals surface area contributed by atoms with Gasteiger partial charge in [0.05, 0.1) is 6.54 Å². The Bertz CT molecular complexity index is 712. The molecular weight excluding hydrogens is 288 g/mol. The van der Waals surface area contributed by atoms with Crippen LogP contribution in [0.25, 0.3) is 0 Å². The summed E-state index contributed by atoms with van der Waals surface area (Å²) in [4.78, 5) is 26.0. The predicted molar refractivity (Wildman–Crippen MR) is 90.2 cm³/mol. The average Bonchev–Trinajstić information content (AvgIpc) is 2.91. The number of carbonyl (C=O) groups excluding carboxylic acids is 2. The molecule has 0 aliphatic carbocycles. The zero-order valence-corrected chi connectivity index (χ0v) is 13.2. The van der Waals surface area contributed by atoms with Gasteiger partial charge >= 0.3 is 0 Å². The lowest BCUT2D eigenvalue weighted by Crippen LogP contribution is -2.34. The van der Waals surface area contributed by atoms with Gasteiger partial charge in [0.2, 0.25) is 11.8 Å². The van der Waals surface area contributed by atoms with E-state index in [-0.39, 0.29) is 24.3 Å². The van der Waals surface area contributed by atoms with Crippen LogP contribution < -0.4 is 5.32 Å². The second-order valence-corrected chi connectivity index (χ2v) is 5.95. The smallest absolute Gasteiger partial charge is 0.244 e. The summed E-state index contributed by atoms with van der Waals surface area (Å²) < 4.78 is 0. The third kappa shape index (κ3) is 3.59. The number of benzene rings is 2. The lowest BCUT2D eigenvalue weighted by Gasteiger charge is -2.17. The van der Waals surface area contributed by atoms with Gasteiger partial charge in [-0.15, -0.1) is 0 Å². The lowest BCUT2D eigenvalue weighted by atomic mass is 9.99. The van der Waals surface area contributed by atoms with Gasteiger partial charge in [-0.25, -0.2) is 0 Å². The average molecular weight is 308 g/mol. The number of amides is 2. The number of nitrogens with zero attached hydrogens (tertiary/aromatic N) is 1. The van der Waals surface area contributed by atoms with E-state index in [0.717, 1.165) is 16.8 Å². The summed E-state index contributed by atoms with van der Waals surface area (Å²) in [5.41, 5.74) is 2.96. The first-order chi connectivity index (χ1) is 11.1. The van der Waals surface area contributed by atoms with Crippen molar-refractivity contribution >= 4 is 17.5 Å². The van der Waals surface area contributed by atoms with Gasteiger partial charge in [0.15, 0.2) is 0 Å². The number of nitrogens with one attached hydrogen (secondary N) is 1. The fraction of sp³-hybridized carbons (Fsp3) is 0.263. The maximum atomic E-state index is 12.2. The van der Waals surface area contributed by atoms with E-state index in [1.807, 2.05) is 61.5 Å². The second kappa shape index (κ2) is 6.65. The number of likely N-dealkylation sites (tertiary alicyclic amines) is 1. The van der Waals surface area contributed by atoms with Crippen LogP contribution in [0.4, 0.5) is 5.69 Å². The molecule has 1 saturated heterocycles. The summed E-state index contributed by atoms with van der Waals surface area (Å²) in [6.07, 6.45) is 0.474. The Labute approximate surface area is 136 Å². The highest BCUT2D eigenvalue weighted by Crippen LogP contribution is 2.27. The van der Waals surface area contributed by atoms with Crippen LogP contribution in [-0.4, -0.2) is 29.8 Å². The Hall–Kier alpha value is -2.62. The van der Waals surface area contributed by atoms with Crippen LogP contribution >= 0.6 is 0 Å². The Balaban J connectivity index is 1.61. The fourth-order valence-electron chi connectivity index (χ4n) is 2.95. The van der Waals surface area contributed by atoms with Crippen molar-refractivity contribution in [3.63, 3.8) is 0 Å². The van der Waals surface area contributed by atoms with Crippen molar-refractivity contribution in [2.24, 2.45) is 0 Å². The first kappa shape index (κ1) is 15.3. The fourth-order valence-corrected chi connectivity index (χ4v) is 2.95. The monoisotopic (exact) mass is 308 g/mol. The van der Waals surface area contributed by atoms with Crippen LogP contribution in [-0.2, 0) is 9.59 Å². The third-order valence-electron chi connectivity index (χ3n) is 4.24. The molecule has 23 heavy (non-hydrogen) atoms. The molecule has 0 radical (unpaired) electrons. The maximum absolute atomic E-state index is 12.2. The molecule has 3 rings (SSSR count). The molecule has 4 heteroatoms. The Morgan fingerprint density at radius 2 is 1.83 bits per heavy atom. The lowest BCUT2D eigenvalue weighted by molar-refractivity contribution is -0.131. The zero-order valence-electron chi connectivity index (χ0n) is 13.2. The molecule has 1 fully saturated rings. The summed E-state index contributed by atoms with van der Waals surface area (Å²) in [7, 11) is 0. The van der Waals surface area contributed by atoms with E-state index in [4.69, 9.17) is 0 Å². The number of rotatable bonds is 4. The van der Waals surface area contributed by atoms with Gasteiger partial charge in [-0.05, 0) is 24.1 Å². The first-order valence-corrected chi connectivity index (χ1v) is 7.81. The van der Waals surface area contributed by atoms with Crippen LogP contribution in [0.2, 0.25) is 0 Å². The van der Waals surface area contributed by atoms with Gasteiger partial charge < -0.3 is 10.2 Å².